The van der Waals surface area contributed by atoms with E-state index in [0.29, 0.717) is 0 Å². The van der Waals surface area contributed by atoms with E-state index in [0.717, 1.165) is 17.8 Å². The fourth-order valence-corrected chi connectivity index (χ4v) is 3.82. The Labute approximate surface area is 142 Å². The number of rotatable bonds is 16. The van der Waals surface area contributed by atoms with Crippen LogP contribution in [0.5, 0.6) is 0 Å². The first-order chi connectivity index (χ1) is 10.7. The summed E-state index contributed by atoms with van der Waals surface area (Å²) in [5.74, 6) is 2.80. The average molecular weight is 312 g/mol. The van der Waals surface area contributed by atoms with E-state index in [9.17, 15) is 0 Å². The predicted molar refractivity (Wildman–Crippen MR) is 102 cm³/mol. The molecule has 0 aliphatic rings. The number of hydrogen-bond donors (Lipinski definition) is 1. The van der Waals surface area contributed by atoms with E-state index in [1.165, 1.54) is 83.7 Å². The second-order valence-electron chi connectivity index (χ2n) is 7.34. The third kappa shape index (κ3) is 10.6. The molecule has 1 heteroatoms. The minimum Gasteiger partial charge on any atom is -0.317 e. The van der Waals surface area contributed by atoms with E-state index in [2.05, 4.69) is 39.9 Å². The lowest BCUT2D eigenvalue weighted by molar-refractivity contribution is 0.189. The van der Waals surface area contributed by atoms with Gasteiger partial charge in [0.15, 0.2) is 0 Å². The molecule has 0 aromatic heterocycles. The van der Waals surface area contributed by atoms with Crippen LogP contribution in [-0.4, -0.2) is 13.1 Å². The normalized spacial score (nSPS) is 15.7. The molecule has 22 heavy (non-hydrogen) atoms. The zero-order valence-electron chi connectivity index (χ0n) is 16.4. The summed E-state index contributed by atoms with van der Waals surface area (Å²) in [4.78, 5) is 0. The van der Waals surface area contributed by atoms with Crippen molar-refractivity contribution in [3.8, 4) is 0 Å². The predicted octanol–water partition coefficient (Wildman–Crippen LogP) is 6.82. The molecule has 1 nitrogen and oxygen atoms in total. The number of nitrogens with one attached hydrogen (secondary N) is 1. The maximum absolute atomic E-state index is 3.59. The lowest BCUT2D eigenvalue weighted by Gasteiger charge is -2.32. The van der Waals surface area contributed by atoms with Gasteiger partial charge < -0.3 is 5.32 Å². The standard InChI is InChI=1S/C21H45N/c1-6-10-12-13-14-20(9-4)21(15-11-7-2)19(5)16-18-22-17-8-3/h19-22H,6-18H2,1-5H3/t19?,20-,21+/m1/s1. The molecule has 0 fully saturated rings. The molecule has 0 spiro atoms. The largest absolute Gasteiger partial charge is 0.317 e. The Hall–Kier alpha value is -0.0400. The highest BCUT2D eigenvalue weighted by molar-refractivity contribution is 4.75. The molecule has 0 aromatic rings. The number of unbranched alkanes of at least 4 members (excludes halogenated alkanes) is 4. The molecule has 0 aliphatic carbocycles. The maximum atomic E-state index is 3.59. The Morgan fingerprint density at radius 3 is 2.00 bits per heavy atom. The molecule has 1 N–H and O–H groups in total. The van der Waals surface area contributed by atoms with Gasteiger partial charge in [0, 0.05) is 0 Å². The first-order valence-corrected chi connectivity index (χ1v) is 10.4. The van der Waals surface area contributed by atoms with E-state index in [1.807, 2.05) is 0 Å². The van der Waals surface area contributed by atoms with Gasteiger partial charge in [0.05, 0.1) is 0 Å². The molecule has 0 heterocycles. The Balaban J connectivity index is 4.34. The minimum absolute atomic E-state index is 0.882. The van der Waals surface area contributed by atoms with Crippen LogP contribution in [0.15, 0.2) is 0 Å². The summed E-state index contributed by atoms with van der Waals surface area (Å²) in [7, 11) is 0. The van der Waals surface area contributed by atoms with Crippen molar-refractivity contribution in [2.45, 2.75) is 105 Å². The fourth-order valence-electron chi connectivity index (χ4n) is 3.82. The molecule has 1 unspecified atom stereocenters. The van der Waals surface area contributed by atoms with Gasteiger partial charge in [-0.15, -0.1) is 0 Å². The van der Waals surface area contributed by atoms with Gasteiger partial charge in [0.2, 0.25) is 0 Å². The molecule has 0 amide bonds. The van der Waals surface area contributed by atoms with Crippen molar-refractivity contribution in [1.82, 2.24) is 5.32 Å². The van der Waals surface area contributed by atoms with Crippen LogP contribution in [0.4, 0.5) is 0 Å². The molecule has 0 aromatic carbocycles. The summed E-state index contributed by atoms with van der Waals surface area (Å²) >= 11 is 0. The van der Waals surface area contributed by atoms with Gasteiger partial charge in [0.1, 0.15) is 0 Å². The second kappa shape index (κ2) is 15.8. The van der Waals surface area contributed by atoms with Crippen LogP contribution in [-0.2, 0) is 0 Å². The van der Waals surface area contributed by atoms with Crippen molar-refractivity contribution >= 4 is 0 Å². The van der Waals surface area contributed by atoms with Gasteiger partial charge in [0.25, 0.3) is 0 Å². The second-order valence-corrected chi connectivity index (χ2v) is 7.34. The SMILES string of the molecule is CCCCCC[C@@H](CC)[C@@H](CCCC)C(C)CCNCCC. The van der Waals surface area contributed by atoms with Crippen molar-refractivity contribution in [3.63, 3.8) is 0 Å². The van der Waals surface area contributed by atoms with Crippen molar-refractivity contribution in [1.29, 1.82) is 0 Å². The summed E-state index contributed by atoms with van der Waals surface area (Å²) in [6.07, 6.45) is 15.4. The van der Waals surface area contributed by atoms with Crippen molar-refractivity contribution in [2.24, 2.45) is 17.8 Å². The minimum atomic E-state index is 0.882. The topological polar surface area (TPSA) is 12.0 Å². The molecule has 0 aliphatic heterocycles. The Kier molecular flexibility index (Phi) is 15.8. The van der Waals surface area contributed by atoms with Crippen LogP contribution in [0.1, 0.15) is 105 Å². The van der Waals surface area contributed by atoms with Gasteiger partial charge in [-0.2, -0.15) is 0 Å². The third-order valence-corrected chi connectivity index (χ3v) is 5.38. The van der Waals surface area contributed by atoms with Crippen molar-refractivity contribution < 1.29 is 0 Å². The summed E-state index contributed by atoms with van der Waals surface area (Å²) in [6, 6.07) is 0. The van der Waals surface area contributed by atoms with Crippen LogP contribution in [0, 0.1) is 17.8 Å². The zero-order chi connectivity index (χ0) is 16.6. The highest BCUT2D eigenvalue weighted by Gasteiger charge is 2.24. The highest BCUT2D eigenvalue weighted by Crippen LogP contribution is 2.34. The summed E-state index contributed by atoms with van der Waals surface area (Å²) < 4.78 is 0. The molecule has 0 rings (SSSR count). The molecule has 0 saturated heterocycles. The van der Waals surface area contributed by atoms with Crippen molar-refractivity contribution in [3.05, 3.63) is 0 Å². The molecule has 0 saturated carbocycles. The van der Waals surface area contributed by atoms with Crippen LogP contribution in [0.3, 0.4) is 0 Å². The van der Waals surface area contributed by atoms with Crippen LogP contribution >= 0.6 is 0 Å². The lowest BCUT2D eigenvalue weighted by Crippen LogP contribution is -2.26. The molecule has 0 bridgehead atoms. The van der Waals surface area contributed by atoms with Gasteiger partial charge in [-0.3, -0.25) is 0 Å². The quantitative estimate of drug-likeness (QED) is 0.308. The average Bonchev–Trinajstić information content (AvgIpc) is 2.53. The zero-order valence-corrected chi connectivity index (χ0v) is 16.4. The van der Waals surface area contributed by atoms with Crippen LogP contribution in [0.25, 0.3) is 0 Å². The smallest absolute Gasteiger partial charge is 0.00463 e. The van der Waals surface area contributed by atoms with E-state index in [1.54, 1.807) is 0 Å². The van der Waals surface area contributed by atoms with E-state index in [4.69, 9.17) is 0 Å². The monoisotopic (exact) mass is 311 g/mol. The van der Waals surface area contributed by atoms with Gasteiger partial charge in [-0.05, 0) is 50.1 Å². The van der Waals surface area contributed by atoms with Gasteiger partial charge >= 0.3 is 0 Å². The van der Waals surface area contributed by atoms with E-state index in [-0.39, 0.29) is 0 Å². The third-order valence-electron chi connectivity index (χ3n) is 5.38. The molecular formula is C21H45N. The van der Waals surface area contributed by atoms with Crippen LogP contribution in [0.2, 0.25) is 0 Å². The fraction of sp³-hybridized carbons (Fsp3) is 1.00. The van der Waals surface area contributed by atoms with Crippen LogP contribution < -0.4 is 5.32 Å². The molecule has 134 valence electrons. The summed E-state index contributed by atoms with van der Waals surface area (Å²) in [6.45, 7) is 14.2. The lowest BCUT2D eigenvalue weighted by atomic mass is 9.74. The molecule has 3 atom stereocenters. The Bertz CT molecular complexity index is 214. The first kappa shape index (κ1) is 22.0. The van der Waals surface area contributed by atoms with Gasteiger partial charge in [-0.25, -0.2) is 0 Å². The summed E-state index contributed by atoms with van der Waals surface area (Å²) in [5.41, 5.74) is 0. The maximum Gasteiger partial charge on any atom is -0.00463 e. The summed E-state index contributed by atoms with van der Waals surface area (Å²) in [5, 5.41) is 3.59. The van der Waals surface area contributed by atoms with Crippen molar-refractivity contribution in [2.75, 3.05) is 13.1 Å². The highest BCUT2D eigenvalue weighted by atomic mass is 14.8. The Morgan fingerprint density at radius 1 is 0.682 bits per heavy atom. The first-order valence-electron chi connectivity index (χ1n) is 10.4. The molecule has 0 radical (unpaired) electrons. The van der Waals surface area contributed by atoms with E-state index >= 15 is 0 Å². The number of hydrogen-bond acceptors (Lipinski definition) is 1. The molecular weight excluding hydrogens is 266 g/mol. The van der Waals surface area contributed by atoms with E-state index < -0.39 is 0 Å². The van der Waals surface area contributed by atoms with Gasteiger partial charge in [-0.1, -0.05) is 86.0 Å². The Morgan fingerprint density at radius 2 is 1.41 bits per heavy atom.